The highest BCUT2D eigenvalue weighted by molar-refractivity contribution is 7.12. The monoisotopic (exact) mass is 322 g/mol. The molecule has 2 heterocycles. The largest absolute Gasteiger partial charge is 0.345 e. The fraction of sp³-hybridized carbons (Fsp3) is 0.158. The van der Waals surface area contributed by atoms with E-state index in [1.54, 1.807) is 12.4 Å². The smallest absolute Gasteiger partial charge is 0.262 e. The number of hydrogen-bond acceptors (Lipinski definition) is 3. The van der Waals surface area contributed by atoms with Crippen LogP contribution in [0, 0.1) is 6.92 Å². The first-order chi connectivity index (χ1) is 11.1. The molecule has 4 heteroatoms. The molecule has 3 aromatic rings. The normalized spacial score (nSPS) is 11.9. The summed E-state index contributed by atoms with van der Waals surface area (Å²) in [5.41, 5.74) is 4.30. The Bertz CT molecular complexity index is 794. The third-order valence-corrected chi connectivity index (χ3v) is 4.70. The van der Waals surface area contributed by atoms with Crippen molar-refractivity contribution in [2.24, 2.45) is 0 Å². The summed E-state index contributed by atoms with van der Waals surface area (Å²) < 4.78 is 0. The lowest BCUT2D eigenvalue weighted by atomic mass is 10.0. The number of aryl methyl sites for hydroxylation is 1. The van der Waals surface area contributed by atoms with E-state index in [0.717, 1.165) is 21.6 Å². The van der Waals surface area contributed by atoms with Crippen molar-refractivity contribution in [2.45, 2.75) is 19.9 Å². The van der Waals surface area contributed by atoms with Gasteiger partial charge in [0.05, 0.1) is 10.9 Å². The van der Waals surface area contributed by atoms with Crippen molar-refractivity contribution >= 4 is 17.2 Å². The van der Waals surface area contributed by atoms with Gasteiger partial charge in [-0.15, -0.1) is 11.3 Å². The SMILES string of the molecule is Cc1ccc(-c2ccsc2C(=O)NC(C)c2ccncc2)cc1. The van der Waals surface area contributed by atoms with Gasteiger partial charge in [0.2, 0.25) is 0 Å². The second-order valence-electron chi connectivity index (χ2n) is 5.51. The highest BCUT2D eigenvalue weighted by atomic mass is 32.1. The maximum atomic E-state index is 12.6. The van der Waals surface area contributed by atoms with Crippen LogP contribution in [0.1, 0.15) is 33.8 Å². The quantitative estimate of drug-likeness (QED) is 0.762. The van der Waals surface area contributed by atoms with Crippen LogP contribution in [0.2, 0.25) is 0 Å². The van der Waals surface area contributed by atoms with Gasteiger partial charge in [0.15, 0.2) is 0 Å². The Kier molecular flexibility index (Phi) is 4.53. The fourth-order valence-corrected chi connectivity index (χ4v) is 3.26. The van der Waals surface area contributed by atoms with Crippen molar-refractivity contribution in [3.05, 3.63) is 76.2 Å². The van der Waals surface area contributed by atoms with E-state index in [-0.39, 0.29) is 11.9 Å². The van der Waals surface area contributed by atoms with Gasteiger partial charge in [-0.25, -0.2) is 0 Å². The molecule has 0 aliphatic carbocycles. The van der Waals surface area contributed by atoms with Crippen LogP contribution >= 0.6 is 11.3 Å². The van der Waals surface area contributed by atoms with E-state index in [9.17, 15) is 4.79 Å². The number of aromatic nitrogens is 1. The zero-order chi connectivity index (χ0) is 16.2. The Hall–Kier alpha value is -2.46. The molecule has 1 N–H and O–H groups in total. The Balaban J connectivity index is 1.81. The van der Waals surface area contributed by atoms with E-state index in [0.29, 0.717) is 0 Å². The molecule has 23 heavy (non-hydrogen) atoms. The van der Waals surface area contributed by atoms with Gasteiger partial charge in [-0.3, -0.25) is 9.78 Å². The first-order valence-electron chi connectivity index (χ1n) is 7.50. The number of hydrogen-bond donors (Lipinski definition) is 1. The highest BCUT2D eigenvalue weighted by Crippen LogP contribution is 2.29. The Labute approximate surface area is 140 Å². The summed E-state index contributed by atoms with van der Waals surface area (Å²) in [5, 5.41) is 5.02. The van der Waals surface area contributed by atoms with E-state index in [1.807, 2.05) is 30.5 Å². The van der Waals surface area contributed by atoms with E-state index in [2.05, 4.69) is 41.5 Å². The van der Waals surface area contributed by atoms with Gasteiger partial charge in [0, 0.05) is 18.0 Å². The number of nitrogens with one attached hydrogen (secondary N) is 1. The minimum Gasteiger partial charge on any atom is -0.345 e. The molecule has 1 amide bonds. The molecule has 0 aliphatic heterocycles. The van der Waals surface area contributed by atoms with Crippen LogP contribution in [-0.4, -0.2) is 10.9 Å². The lowest BCUT2D eigenvalue weighted by Crippen LogP contribution is -2.26. The summed E-state index contributed by atoms with van der Waals surface area (Å²) in [6.45, 7) is 4.04. The van der Waals surface area contributed by atoms with Crippen LogP contribution in [-0.2, 0) is 0 Å². The van der Waals surface area contributed by atoms with Crippen molar-refractivity contribution in [1.82, 2.24) is 10.3 Å². The summed E-state index contributed by atoms with van der Waals surface area (Å²) in [5.74, 6) is -0.0418. The molecule has 0 spiro atoms. The average Bonchev–Trinajstić information content (AvgIpc) is 3.06. The van der Waals surface area contributed by atoms with Crippen molar-refractivity contribution < 1.29 is 4.79 Å². The minimum absolute atomic E-state index is 0.0418. The summed E-state index contributed by atoms with van der Waals surface area (Å²) in [6.07, 6.45) is 3.47. The molecular weight excluding hydrogens is 304 g/mol. The molecule has 3 nitrogen and oxygen atoms in total. The topological polar surface area (TPSA) is 42.0 Å². The molecule has 1 atom stereocenters. The predicted molar refractivity (Wildman–Crippen MR) is 94.6 cm³/mol. The van der Waals surface area contributed by atoms with Gasteiger partial charge >= 0.3 is 0 Å². The molecule has 0 fully saturated rings. The summed E-state index contributed by atoms with van der Waals surface area (Å²) in [7, 11) is 0. The van der Waals surface area contributed by atoms with Crippen LogP contribution in [0.4, 0.5) is 0 Å². The van der Waals surface area contributed by atoms with E-state index < -0.39 is 0 Å². The second-order valence-corrected chi connectivity index (χ2v) is 6.42. The first kappa shape index (κ1) is 15.4. The van der Waals surface area contributed by atoms with Gasteiger partial charge in [-0.1, -0.05) is 29.8 Å². The molecule has 3 rings (SSSR count). The number of amides is 1. The molecule has 1 unspecified atom stereocenters. The van der Waals surface area contributed by atoms with E-state index >= 15 is 0 Å². The van der Waals surface area contributed by atoms with Crippen molar-refractivity contribution in [1.29, 1.82) is 0 Å². The molecule has 0 bridgehead atoms. The average molecular weight is 322 g/mol. The number of benzene rings is 1. The predicted octanol–water partition coefficient (Wildman–Crippen LogP) is 4.61. The van der Waals surface area contributed by atoms with Gasteiger partial charge in [-0.05, 0) is 48.6 Å². The van der Waals surface area contributed by atoms with Crippen molar-refractivity contribution in [2.75, 3.05) is 0 Å². The van der Waals surface area contributed by atoms with Gasteiger partial charge in [-0.2, -0.15) is 0 Å². The maximum absolute atomic E-state index is 12.6. The molecule has 0 saturated carbocycles. The molecule has 1 aromatic carbocycles. The van der Waals surface area contributed by atoms with Crippen LogP contribution in [0.5, 0.6) is 0 Å². The molecule has 116 valence electrons. The molecule has 0 radical (unpaired) electrons. The van der Waals surface area contributed by atoms with Gasteiger partial charge < -0.3 is 5.32 Å². The number of rotatable bonds is 4. The maximum Gasteiger partial charge on any atom is 0.262 e. The van der Waals surface area contributed by atoms with Crippen molar-refractivity contribution in [3.63, 3.8) is 0 Å². The number of carbonyl (C=O) groups excluding carboxylic acids is 1. The fourth-order valence-electron chi connectivity index (χ4n) is 2.44. The lowest BCUT2D eigenvalue weighted by Gasteiger charge is -2.14. The van der Waals surface area contributed by atoms with Crippen molar-refractivity contribution in [3.8, 4) is 11.1 Å². The standard InChI is InChI=1S/C19H18N2OS/c1-13-3-5-16(6-4-13)17-9-12-23-18(17)19(22)21-14(2)15-7-10-20-11-8-15/h3-12,14H,1-2H3,(H,21,22). The van der Waals surface area contributed by atoms with E-state index in [1.165, 1.54) is 16.9 Å². The minimum atomic E-state index is -0.0570. The number of pyridine rings is 1. The highest BCUT2D eigenvalue weighted by Gasteiger charge is 2.17. The Morgan fingerprint density at radius 3 is 2.48 bits per heavy atom. The zero-order valence-corrected chi connectivity index (χ0v) is 13.9. The van der Waals surface area contributed by atoms with Gasteiger partial charge in [0.25, 0.3) is 5.91 Å². The molecule has 0 saturated heterocycles. The summed E-state index contributed by atoms with van der Waals surface area (Å²) in [4.78, 5) is 17.4. The molecular formula is C19H18N2OS. The Morgan fingerprint density at radius 1 is 1.09 bits per heavy atom. The molecule has 2 aromatic heterocycles. The summed E-state index contributed by atoms with van der Waals surface area (Å²) >= 11 is 1.47. The summed E-state index contributed by atoms with van der Waals surface area (Å²) in [6, 6.07) is 14.0. The first-order valence-corrected chi connectivity index (χ1v) is 8.38. The van der Waals surface area contributed by atoms with Gasteiger partial charge in [0.1, 0.15) is 0 Å². The zero-order valence-electron chi connectivity index (χ0n) is 13.1. The third kappa shape index (κ3) is 3.48. The van der Waals surface area contributed by atoms with Crippen LogP contribution < -0.4 is 5.32 Å². The Morgan fingerprint density at radius 2 is 1.78 bits per heavy atom. The van der Waals surface area contributed by atoms with Crippen LogP contribution in [0.25, 0.3) is 11.1 Å². The molecule has 0 aliphatic rings. The number of thiophene rings is 1. The number of nitrogens with zero attached hydrogens (tertiary/aromatic N) is 1. The van der Waals surface area contributed by atoms with Crippen LogP contribution in [0.3, 0.4) is 0 Å². The number of carbonyl (C=O) groups is 1. The van der Waals surface area contributed by atoms with E-state index in [4.69, 9.17) is 0 Å². The van der Waals surface area contributed by atoms with Crippen LogP contribution in [0.15, 0.2) is 60.2 Å². The third-order valence-electron chi connectivity index (χ3n) is 3.79. The second kappa shape index (κ2) is 6.75. The lowest BCUT2D eigenvalue weighted by molar-refractivity contribution is 0.0944.